The number of amides is 2. The molecular weight excluding hydrogens is 242 g/mol. The minimum Gasteiger partial charge on any atom is -0.385 e. The summed E-state index contributed by atoms with van der Waals surface area (Å²) in [5, 5.41) is 8.80. The Labute approximate surface area is 112 Å². The maximum absolute atomic E-state index is 11.7. The topological polar surface area (TPSA) is 70.2 Å². The van der Waals surface area contributed by atoms with E-state index in [4.69, 9.17) is 0 Å². The lowest BCUT2D eigenvalue weighted by atomic mass is 10.1. The van der Waals surface area contributed by atoms with Crippen molar-refractivity contribution in [3.63, 3.8) is 0 Å². The number of nitrogens with one attached hydrogen (secondary N) is 3. The summed E-state index contributed by atoms with van der Waals surface area (Å²) in [5.74, 6) is -0.440. The third-order valence-electron chi connectivity index (χ3n) is 3.02. The highest BCUT2D eigenvalue weighted by atomic mass is 16.2. The molecule has 0 aromatic heterocycles. The average molecular weight is 261 g/mol. The van der Waals surface area contributed by atoms with Crippen molar-refractivity contribution in [2.45, 2.75) is 32.2 Å². The van der Waals surface area contributed by atoms with Crippen LogP contribution in [0.25, 0.3) is 0 Å². The van der Waals surface area contributed by atoms with Gasteiger partial charge in [0.2, 0.25) is 11.8 Å². The number of rotatable bonds is 5. The summed E-state index contributed by atoms with van der Waals surface area (Å²) in [6, 6.07) is 7.48. The van der Waals surface area contributed by atoms with E-state index in [1.54, 1.807) is 0 Å². The molecule has 0 bridgehead atoms. The molecule has 1 unspecified atom stereocenters. The zero-order valence-electron chi connectivity index (χ0n) is 11.0. The Morgan fingerprint density at radius 1 is 1.32 bits per heavy atom. The van der Waals surface area contributed by atoms with Gasteiger partial charge in [-0.3, -0.25) is 14.9 Å². The summed E-state index contributed by atoms with van der Waals surface area (Å²) in [5.41, 5.74) is 1.91. The Bertz CT molecular complexity index is 474. The number of hydrogen-bond donors (Lipinski definition) is 3. The van der Waals surface area contributed by atoms with Crippen LogP contribution in [-0.4, -0.2) is 24.4 Å². The lowest BCUT2D eigenvalue weighted by molar-refractivity contribution is -0.133. The molecule has 5 nitrogen and oxygen atoms in total. The van der Waals surface area contributed by atoms with E-state index >= 15 is 0 Å². The van der Waals surface area contributed by atoms with Gasteiger partial charge in [-0.1, -0.05) is 13.0 Å². The highest BCUT2D eigenvalue weighted by molar-refractivity contribution is 6.01. The van der Waals surface area contributed by atoms with Gasteiger partial charge in [0.25, 0.3) is 0 Å². The molecule has 1 heterocycles. The van der Waals surface area contributed by atoms with Gasteiger partial charge in [0.15, 0.2) is 0 Å². The van der Waals surface area contributed by atoms with Crippen molar-refractivity contribution in [2.24, 2.45) is 0 Å². The molecule has 2 amide bonds. The van der Waals surface area contributed by atoms with Crippen LogP contribution in [0.15, 0.2) is 24.3 Å². The maximum atomic E-state index is 11.7. The van der Waals surface area contributed by atoms with Crippen LogP contribution in [0.2, 0.25) is 0 Å². The van der Waals surface area contributed by atoms with Gasteiger partial charge >= 0.3 is 0 Å². The van der Waals surface area contributed by atoms with E-state index in [2.05, 4.69) is 22.9 Å². The van der Waals surface area contributed by atoms with E-state index in [1.807, 2.05) is 24.3 Å². The molecule has 1 aliphatic rings. The van der Waals surface area contributed by atoms with Gasteiger partial charge in [-0.05, 0) is 31.0 Å². The largest absolute Gasteiger partial charge is 0.385 e. The second-order valence-corrected chi connectivity index (χ2v) is 4.66. The Morgan fingerprint density at radius 3 is 2.84 bits per heavy atom. The molecule has 0 spiro atoms. The summed E-state index contributed by atoms with van der Waals surface area (Å²) >= 11 is 0. The number of carbonyl (C=O) groups is 2. The second-order valence-electron chi connectivity index (χ2n) is 4.66. The van der Waals surface area contributed by atoms with Gasteiger partial charge in [0, 0.05) is 24.3 Å². The van der Waals surface area contributed by atoms with Crippen LogP contribution in [0.3, 0.4) is 0 Å². The van der Waals surface area contributed by atoms with Crippen molar-refractivity contribution in [1.82, 2.24) is 5.32 Å². The fourth-order valence-corrected chi connectivity index (χ4v) is 2.02. The van der Waals surface area contributed by atoms with Gasteiger partial charge in [0.1, 0.15) is 6.04 Å². The SMILES string of the molecule is CCCNc1cccc(NC2CCC(=O)NC2=O)c1. The van der Waals surface area contributed by atoms with Crippen molar-refractivity contribution in [3.05, 3.63) is 24.3 Å². The molecule has 1 aromatic carbocycles. The lowest BCUT2D eigenvalue weighted by Crippen LogP contribution is -2.47. The minimum absolute atomic E-state index is 0.193. The smallest absolute Gasteiger partial charge is 0.249 e. The normalized spacial score (nSPS) is 18.9. The predicted molar refractivity (Wildman–Crippen MR) is 75.0 cm³/mol. The third-order valence-corrected chi connectivity index (χ3v) is 3.02. The van der Waals surface area contributed by atoms with Gasteiger partial charge in [-0.25, -0.2) is 0 Å². The number of benzene rings is 1. The number of imide groups is 1. The highest BCUT2D eigenvalue weighted by Gasteiger charge is 2.26. The molecule has 1 fully saturated rings. The molecule has 19 heavy (non-hydrogen) atoms. The summed E-state index contributed by atoms with van der Waals surface area (Å²) in [4.78, 5) is 22.7. The summed E-state index contributed by atoms with van der Waals surface area (Å²) < 4.78 is 0. The van der Waals surface area contributed by atoms with Gasteiger partial charge in [-0.15, -0.1) is 0 Å². The fraction of sp³-hybridized carbons (Fsp3) is 0.429. The van der Waals surface area contributed by atoms with Crippen LogP contribution in [0, 0.1) is 0 Å². The minimum atomic E-state index is -0.334. The molecule has 0 aliphatic carbocycles. The molecule has 3 N–H and O–H groups in total. The van der Waals surface area contributed by atoms with Gasteiger partial charge in [0.05, 0.1) is 0 Å². The first-order valence-corrected chi connectivity index (χ1v) is 6.63. The van der Waals surface area contributed by atoms with E-state index in [9.17, 15) is 9.59 Å². The highest BCUT2D eigenvalue weighted by Crippen LogP contribution is 2.18. The summed E-state index contributed by atoms with van der Waals surface area (Å²) in [6.45, 7) is 3.03. The van der Waals surface area contributed by atoms with Gasteiger partial charge < -0.3 is 10.6 Å². The van der Waals surface area contributed by atoms with E-state index in [-0.39, 0.29) is 17.9 Å². The molecule has 1 saturated heterocycles. The first-order valence-electron chi connectivity index (χ1n) is 6.63. The summed E-state index contributed by atoms with van der Waals surface area (Å²) in [6.07, 6.45) is 1.99. The van der Waals surface area contributed by atoms with Crippen molar-refractivity contribution in [3.8, 4) is 0 Å². The van der Waals surface area contributed by atoms with E-state index in [1.165, 1.54) is 0 Å². The molecule has 2 rings (SSSR count). The quantitative estimate of drug-likeness (QED) is 0.706. The molecule has 1 aromatic rings. The Morgan fingerprint density at radius 2 is 2.11 bits per heavy atom. The molecule has 1 atom stereocenters. The van der Waals surface area contributed by atoms with Crippen LogP contribution in [0.4, 0.5) is 11.4 Å². The Balaban J connectivity index is 1.98. The number of hydrogen-bond acceptors (Lipinski definition) is 4. The van der Waals surface area contributed by atoms with Gasteiger partial charge in [-0.2, -0.15) is 0 Å². The van der Waals surface area contributed by atoms with Crippen molar-refractivity contribution in [2.75, 3.05) is 17.2 Å². The monoisotopic (exact) mass is 261 g/mol. The van der Waals surface area contributed by atoms with Crippen molar-refractivity contribution < 1.29 is 9.59 Å². The number of carbonyl (C=O) groups excluding carboxylic acids is 2. The van der Waals surface area contributed by atoms with Crippen LogP contribution < -0.4 is 16.0 Å². The van der Waals surface area contributed by atoms with Crippen LogP contribution >= 0.6 is 0 Å². The van der Waals surface area contributed by atoms with E-state index < -0.39 is 0 Å². The predicted octanol–water partition coefficient (Wildman–Crippen LogP) is 1.73. The molecule has 1 aliphatic heterocycles. The van der Waals surface area contributed by atoms with Crippen LogP contribution in [-0.2, 0) is 9.59 Å². The average Bonchev–Trinajstić information content (AvgIpc) is 2.40. The molecular formula is C14H19N3O2. The van der Waals surface area contributed by atoms with E-state index in [0.717, 1.165) is 24.3 Å². The zero-order valence-corrected chi connectivity index (χ0v) is 11.0. The second kappa shape index (κ2) is 6.22. The standard InChI is InChI=1S/C14H19N3O2/c1-2-8-15-10-4-3-5-11(9-10)16-12-6-7-13(18)17-14(12)19/h3-5,9,12,15-16H,2,6-8H2,1H3,(H,17,18,19). The molecule has 0 radical (unpaired) electrons. The first kappa shape index (κ1) is 13.4. The van der Waals surface area contributed by atoms with Crippen LogP contribution in [0.5, 0.6) is 0 Å². The zero-order chi connectivity index (χ0) is 13.7. The third kappa shape index (κ3) is 3.71. The molecule has 5 heteroatoms. The summed E-state index contributed by atoms with van der Waals surface area (Å²) in [7, 11) is 0. The first-order chi connectivity index (χ1) is 9.19. The Hall–Kier alpha value is -2.04. The van der Waals surface area contributed by atoms with Crippen LogP contribution in [0.1, 0.15) is 26.2 Å². The fourth-order valence-electron chi connectivity index (χ4n) is 2.02. The number of anilines is 2. The molecule has 102 valence electrons. The Kier molecular flexibility index (Phi) is 4.39. The molecule has 0 saturated carbocycles. The number of piperidine rings is 1. The van der Waals surface area contributed by atoms with Crippen molar-refractivity contribution >= 4 is 23.2 Å². The van der Waals surface area contributed by atoms with Crippen molar-refractivity contribution in [1.29, 1.82) is 0 Å². The lowest BCUT2D eigenvalue weighted by Gasteiger charge is -2.23. The van der Waals surface area contributed by atoms with E-state index in [0.29, 0.717) is 12.8 Å². The maximum Gasteiger partial charge on any atom is 0.249 e.